The molecule has 2 aromatic carbocycles. The number of carbonyl (C=O) groups is 2. The summed E-state index contributed by atoms with van der Waals surface area (Å²) in [5, 5.41) is 12.2. The van der Waals surface area contributed by atoms with Crippen LogP contribution in [-0.4, -0.2) is 46.0 Å². The molecule has 0 bridgehead atoms. The summed E-state index contributed by atoms with van der Waals surface area (Å²) in [5.74, 6) is -1.13. The van der Waals surface area contributed by atoms with E-state index in [0.29, 0.717) is 34.4 Å². The van der Waals surface area contributed by atoms with Crippen LogP contribution in [0.2, 0.25) is 10.0 Å². The van der Waals surface area contributed by atoms with Crippen LogP contribution in [0.3, 0.4) is 0 Å². The van der Waals surface area contributed by atoms with Gasteiger partial charge in [-0.15, -0.1) is 0 Å². The summed E-state index contributed by atoms with van der Waals surface area (Å²) in [4.78, 5) is 28.8. The Morgan fingerprint density at radius 3 is 2.43 bits per heavy atom. The summed E-state index contributed by atoms with van der Waals surface area (Å²) in [6, 6.07) is 12.9. The molecule has 1 atom stereocenters. The van der Waals surface area contributed by atoms with Crippen LogP contribution in [0.25, 0.3) is 0 Å². The van der Waals surface area contributed by atoms with Gasteiger partial charge in [0.25, 0.3) is 0 Å². The van der Waals surface area contributed by atoms with Crippen LogP contribution in [0.15, 0.2) is 64.6 Å². The summed E-state index contributed by atoms with van der Waals surface area (Å²) in [7, 11) is -1.52. The Labute approximate surface area is 227 Å². The van der Waals surface area contributed by atoms with Crippen LogP contribution in [-0.2, 0) is 26.8 Å². The number of pyridine rings is 1. The highest BCUT2D eigenvalue weighted by molar-refractivity contribution is 7.85. The van der Waals surface area contributed by atoms with Crippen molar-refractivity contribution in [2.45, 2.75) is 36.1 Å². The predicted octanol–water partition coefficient (Wildman–Crippen LogP) is 5.63. The second-order valence-corrected chi connectivity index (χ2v) is 10.1. The molecule has 1 unspecified atom stereocenters. The number of amides is 1. The molecule has 0 aliphatic rings. The van der Waals surface area contributed by atoms with E-state index in [2.05, 4.69) is 17.2 Å². The molecule has 11 heteroatoms. The van der Waals surface area contributed by atoms with Crippen molar-refractivity contribution in [2.75, 3.05) is 25.1 Å². The number of halogens is 2. The minimum absolute atomic E-state index is 0.0361. The number of aromatic carboxylic acids is 1. The highest BCUT2D eigenvalue weighted by atomic mass is 35.5. The van der Waals surface area contributed by atoms with Gasteiger partial charge in [-0.2, -0.15) is 0 Å². The molecule has 0 spiro atoms. The molecular formula is C26H26Cl2N2O6S. The van der Waals surface area contributed by atoms with E-state index >= 15 is 0 Å². The molecule has 0 radical (unpaired) electrons. The molecule has 1 amide bonds. The highest BCUT2D eigenvalue weighted by Gasteiger charge is 2.19. The number of unbranched alkanes of at least 4 members (excludes halogenated alkanes) is 1. The molecule has 0 fully saturated rings. The number of nitrogens with zero attached hydrogens (tertiary/aromatic N) is 1. The smallest absolute Gasteiger partial charge is 0.339 e. The van der Waals surface area contributed by atoms with Crippen molar-refractivity contribution in [1.29, 1.82) is 0 Å². The van der Waals surface area contributed by atoms with Crippen molar-refractivity contribution in [1.82, 2.24) is 4.98 Å². The van der Waals surface area contributed by atoms with E-state index in [1.807, 2.05) is 0 Å². The Balaban J connectivity index is 1.55. The molecule has 1 aromatic heterocycles. The molecule has 8 nitrogen and oxygen atoms in total. The Morgan fingerprint density at radius 1 is 1.03 bits per heavy atom. The molecule has 0 saturated carbocycles. The lowest BCUT2D eigenvalue weighted by molar-refractivity contribution is -0.115. The molecule has 196 valence electrons. The van der Waals surface area contributed by atoms with Crippen LogP contribution in [0.4, 0.5) is 5.69 Å². The van der Waals surface area contributed by atoms with Gasteiger partial charge in [0, 0.05) is 17.7 Å². The summed E-state index contributed by atoms with van der Waals surface area (Å²) in [5.41, 5.74) is 0.303. The number of hydrogen-bond acceptors (Lipinski definition) is 6. The van der Waals surface area contributed by atoms with E-state index in [9.17, 15) is 18.9 Å². The van der Waals surface area contributed by atoms with Crippen molar-refractivity contribution in [3.63, 3.8) is 0 Å². The van der Waals surface area contributed by atoms with Crippen LogP contribution < -0.4 is 10.1 Å². The van der Waals surface area contributed by atoms with E-state index in [1.54, 1.807) is 36.4 Å². The Hall–Kier alpha value is -2.98. The van der Waals surface area contributed by atoms with Crippen LogP contribution in [0.5, 0.6) is 5.75 Å². The zero-order chi connectivity index (χ0) is 26.8. The molecule has 0 aliphatic heterocycles. The number of ether oxygens (including phenoxy) is 2. The fourth-order valence-corrected chi connectivity index (χ4v) is 4.58. The summed E-state index contributed by atoms with van der Waals surface area (Å²) in [6.07, 6.45) is 3.49. The van der Waals surface area contributed by atoms with E-state index in [4.69, 9.17) is 32.7 Å². The number of carboxylic acids is 1. The highest BCUT2D eigenvalue weighted by Crippen LogP contribution is 2.31. The molecule has 1 heterocycles. The Kier molecular flexibility index (Phi) is 10.9. The lowest BCUT2D eigenvalue weighted by Gasteiger charge is -2.11. The molecule has 3 aromatic rings. The molecular weight excluding hydrogens is 539 g/mol. The first-order valence-electron chi connectivity index (χ1n) is 11.5. The van der Waals surface area contributed by atoms with Gasteiger partial charge in [0.1, 0.15) is 33.7 Å². The summed E-state index contributed by atoms with van der Waals surface area (Å²) < 4.78 is 24.0. The lowest BCUT2D eigenvalue weighted by Crippen LogP contribution is -2.17. The molecule has 2 N–H and O–H groups in total. The van der Waals surface area contributed by atoms with Crippen molar-refractivity contribution < 1.29 is 28.4 Å². The Morgan fingerprint density at radius 2 is 1.78 bits per heavy atom. The fourth-order valence-electron chi connectivity index (χ4n) is 3.22. The van der Waals surface area contributed by atoms with Crippen LogP contribution in [0, 0.1) is 0 Å². The second-order valence-electron chi connectivity index (χ2n) is 7.87. The van der Waals surface area contributed by atoms with Gasteiger partial charge in [-0.1, -0.05) is 42.6 Å². The van der Waals surface area contributed by atoms with Gasteiger partial charge < -0.3 is 19.9 Å². The SMILES string of the molecule is CCCCOCCOc1ccc(S(=O)c2ccc(CC(=O)Nc3ccc(Cl)c(Cl)c3C(=O)O)cn2)cc1. The first-order valence-corrected chi connectivity index (χ1v) is 13.4. The third-order valence-corrected chi connectivity index (χ3v) is 7.24. The maximum Gasteiger partial charge on any atom is 0.339 e. The van der Waals surface area contributed by atoms with Crippen LogP contribution in [0.1, 0.15) is 35.7 Å². The van der Waals surface area contributed by atoms with Crippen molar-refractivity contribution in [3.8, 4) is 5.75 Å². The number of nitrogens with one attached hydrogen (secondary N) is 1. The number of benzene rings is 2. The van der Waals surface area contributed by atoms with Gasteiger partial charge in [0.15, 0.2) is 0 Å². The van der Waals surface area contributed by atoms with Gasteiger partial charge >= 0.3 is 5.97 Å². The van der Waals surface area contributed by atoms with Crippen molar-refractivity contribution in [3.05, 3.63) is 75.9 Å². The third-order valence-electron chi connectivity index (χ3n) is 5.11. The third kappa shape index (κ3) is 8.26. The van der Waals surface area contributed by atoms with E-state index in [-0.39, 0.29) is 27.7 Å². The molecule has 3 rings (SSSR count). The Bertz CT molecular complexity index is 1250. The zero-order valence-electron chi connectivity index (χ0n) is 20.0. The van der Waals surface area contributed by atoms with Gasteiger partial charge in [0.2, 0.25) is 5.91 Å². The molecule has 0 aliphatic carbocycles. The van der Waals surface area contributed by atoms with Gasteiger partial charge in [0.05, 0.1) is 28.8 Å². The first-order chi connectivity index (χ1) is 17.8. The number of hydrogen-bond donors (Lipinski definition) is 2. The lowest BCUT2D eigenvalue weighted by atomic mass is 10.1. The first kappa shape index (κ1) is 28.6. The zero-order valence-corrected chi connectivity index (χ0v) is 22.4. The average Bonchev–Trinajstić information content (AvgIpc) is 2.88. The minimum atomic E-state index is -1.52. The van der Waals surface area contributed by atoms with E-state index in [0.717, 1.165) is 19.4 Å². The normalized spacial score (nSPS) is 11.6. The van der Waals surface area contributed by atoms with Crippen LogP contribution >= 0.6 is 23.2 Å². The number of anilines is 1. The maximum atomic E-state index is 12.9. The number of aromatic nitrogens is 1. The van der Waals surface area contributed by atoms with Crippen molar-refractivity contribution in [2.24, 2.45) is 0 Å². The molecule has 37 heavy (non-hydrogen) atoms. The number of carbonyl (C=O) groups excluding carboxylic acids is 1. The van der Waals surface area contributed by atoms with E-state index < -0.39 is 22.7 Å². The fraction of sp³-hybridized carbons (Fsp3) is 0.269. The monoisotopic (exact) mass is 564 g/mol. The summed E-state index contributed by atoms with van der Waals surface area (Å²) in [6.45, 7) is 3.77. The minimum Gasteiger partial charge on any atom is -0.491 e. The number of rotatable bonds is 13. The van der Waals surface area contributed by atoms with Crippen molar-refractivity contribution >= 4 is 51.6 Å². The van der Waals surface area contributed by atoms with E-state index in [1.165, 1.54) is 18.3 Å². The van der Waals surface area contributed by atoms with Gasteiger partial charge in [-0.3, -0.25) is 4.79 Å². The summed E-state index contributed by atoms with van der Waals surface area (Å²) >= 11 is 11.8. The number of carboxylic acid groups (broad SMARTS) is 1. The largest absolute Gasteiger partial charge is 0.491 e. The average molecular weight is 565 g/mol. The topological polar surface area (TPSA) is 115 Å². The second kappa shape index (κ2) is 14.1. The maximum absolute atomic E-state index is 12.9. The molecule has 0 saturated heterocycles. The predicted molar refractivity (Wildman–Crippen MR) is 142 cm³/mol. The van der Waals surface area contributed by atoms with Gasteiger partial charge in [-0.05, 0) is 54.4 Å². The standard InChI is InChI=1S/C26H26Cl2N2O6S/c1-2-3-12-35-13-14-36-18-5-7-19(8-6-18)37(34)23-11-4-17(16-29-23)15-22(31)30-21-10-9-20(27)25(28)24(21)26(32)33/h4-11,16H,2-3,12-15H2,1H3,(H,30,31)(H,32,33). The van der Waals surface area contributed by atoms with Gasteiger partial charge in [-0.25, -0.2) is 14.0 Å². The quantitative estimate of drug-likeness (QED) is 0.258.